The first-order valence-electron chi connectivity index (χ1n) is 3.98. The number of aliphatic hydroxyl groups excluding tert-OH is 1. The summed E-state index contributed by atoms with van der Waals surface area (Å²) in [4.78, 5) is 4.22. The molecule has 0 aliphatic heterocycles. The second-order valence-corrected chi connectivity index (χ2v) is 3.44. The van der Waals surface area contributed by atoms with E-state index in [1.807, 2.05) is 13.0 Å². The molecular weight excluding hydrogens is 230 g/mol. The molecule has 0 fully saturated rings. The van der Waals surface area contributed by atoms with E-state index < -0.39 is 6.10 Å². The van der Waals surface area contributed by atoms with Crippen LogP contribution in [0.4, 0.5) is 0 Å². The second-order valence-electron chi connectivity index (χ2n) is 2.59. The van der Waals surface area contributed by atoms with Gasteiger partial charge in [0.1, 0.15) is 0 Å². The summed E-state index contributed by atoms with van der Waals surface area (Å²) in [7, 11) is 0. The zero-order valence-corrected chi connectivity index (χ0v) is 8.87. The van der Waals surface area contributed by atoms with Gasteiger partial charge >= 0.3 is 0 Å². The summed E-state index contributed by atoms with van der Waals surface area (Å²) < 4.78 is 0.947. The Kier molecular flexibility index (Phi) is 3.47. The third-order valence-electron chi connectivity index (χ3n) is 1.71. The summed E-state index contributed by atoms with van der Waals surface area (Å²) in [6.45, 7) is 2.00. The Hall–Kier alpha value is -0.850. The van der Waals surface area contributed by atoms with Crippen molar-refractivity contribution in [3.05, 3.63) is 28.0 Å². The summed E-state index contributed by atoms with van der Waals surface area (Å²) in [5, 5.41) is 9.33. The lowest BCUT2D eigenvalue weighted by molar-refractivity contribution is 0.233. The van der Waals surface area contributed by atoms with Crippen molar-refractivity contribution in [3.8, 4) is 12.3 Å². The van der Waals surface area contributed by atoms with Gasteiger partial charge in [-0.3, -0.25) is 4.98 Å². The highest BCUT2D eigenvalue weighted by molar-refractivity contribution is 9.10. The van der Waals surface area contributed by atoms with Crippen molar-refractivity contribution in [2.24, 2.45) is 0 Å². The smallest absolute Gasteiger partial charge is 0.156 e. The maximum atomic E-state index is 9.33. The molecule has 2 nitrogen and oxygen atoms in total. The summed E-state index contributed by atoms with van der Waals surface area (Å²) in [5.41, 5.74) is 1.44. The standard InChI is InChI=1S/C10H10BrNO/c1-3-8-7(11)5-6-9(12-8)10(13)4-2/h2,5-6,10,13H,3H2,1H3. The Morgan fingerprint density at radius 2 is 2.38 bits per heavy atom. The molecule has 1 N–H and O–H groups in total. The van der Waals surface area contributed by atoms with Crippen LogP contribution in [-0.2, 0) is 6.42 Å². The molecule has 1 aromatic rings. The van der Waals surface area contributed by atoms with E-state index in [9.17, 15) is 5.11 Å². The van der Waals surface area contributed by atoms with E-state index in [1.165, 1.54) is 0 Å². The summed E-state index contributed by atoms with van der Waals surface area (Å²) in [5.74, 6) is 2.23. The van der Waals surface area contributed by atoms with E-state index in [0.717, 1.165) is 16.6 Å². The van der Waals surface area contributed by atoms with Gasteiger partial charge in [0, 0.05) is 4.47 Å². The molecule has 0 amide bonds. The first-order chi connectivity index (χ1) is 6.19. The maximum Gasteiger partial charge on any atom is 0.156 e. The van der Waals surface area contributed by atoms with Gasteiger partial charge < -0.3 is 5.11 Å². The monoisotopic (exact) mass is 239 g/mol. The largest absolute Gasteiger partial charge is 0.374 e. The molecular formula is C10H10BrNO. The highest BCUT2D eigenvalue weighted by Crippen LogP contribution is 2.18. The highest BCUT2D eigenvalue weighted by atomic mass is 79.9. The zero-order chi connectivity index (χ0) is 9.84. The van der Waals surface area contributed by atoms with E-state index in [4.69, 9.17) is 6.42 Å². The first-order valence-corrected chi connectivity index (χ1v) is 4.77. The molecule has 0 aliphatic carbocycles. The predicted molar refractivity (Wildman–Crippen MR) is 55.1 cm³/mol. The predicted octanol–water partition coefficient (Wildman–Crippen LogP) is 2.07. The van der Waals surface area contributed by atoms with Gasteiger partial charge in [0.25, 0.3) is 0 Å². The van der Waals surface area contributed by atoms with Crippen LogP contribution in [0.2, 0.25) is 0 Å². The van der Waals surface area contributed by atoms with E-state index in [2.05, 4.69) is 26.8 Å². The lowest BCUT2D eigenvalue weighted by Crippen LogP contribution is -2.00. The first kappa shape index (κ1) is 10.2. The van der Waals surface area contributed by atoms with E-state index in [1.54, 1.807) is 6.07 Å². The summed E-state index contributed by atoms with van der Waals surface area (Å²) in [6.07, 6.45) is 4.99. The molecule has 13 heavy (non-hydrogen) atoms. The van der Waals surface area contributed by atoms with Crippen molar-refractivity contribution in [1.82, 2.24) is 4.98 Å². The summed E-state index contributed by atoms with van der Waals surface area (Å²) >= 11 is 3.37. The fraction of sp³-hybridized carbons (Fsp3) is 0.300. The number of aromatic nitrogens is 1. The van der Waals surface area contributed by atoms with Crippen molar-refractivity contribution >= 4 is 15.9 Å². The number of aliphatic hydroxyl groups is 1. The van der Waals surface area contributed by atoms with Crippen molar-refractivity contribution in [2.75, 3.05) is 0 Å². The topological polar surface area (TPSA) is 33.1 Å². The molecule has 0 spiro atoms. The van der Waals surface area contributed by atoms with Crippen LogP contribution in [0.1, 0.15) is 24.4 Å². The van der Waals surface area contributed by atoms with Crippen LogP contribution in [0.15, 0.2) is 16.6 Å². The van der Waals surface area contributed by atoms with Gasteiger partial charge in [-0.1, -0.05) is 12.8 Å². The van der Waals surface area contributed by atoms with E-state index in [-0.39, 0.29) is 0 Å². The molecule has 0 aromatic carbocycles. The molecule has 1 rings (SSSR count). The number of nitrogens with zero attached hydrogens (tertiary/aromatic N) is 1. The molecule has 0 saturated carbocycles. The minimum Gasteiger partial charge on any atom is -0.374 e. The maximum absolute atomic E-state index is 9.33. The van der Waals surface area contributed by atoms with Crippen LogP contribution in [0, 0.1) is 12.3 Å². The molecule has 0 radical (unpaired) electrons. The van der Waals surface area contributed by atoms with Gasteiger partial charge in [-0.05, 0) is 34.5 Å². The van der Waals surface area contributed by atoms with Gasteiger partial charge in [0.05, 0.1) is 11.4 Å². The number of hydrogen-bond donors (Lipinski definition) is 1. The van der Waals surface area contributed by atoms with Crippen molar-refractivity contribution in [3.63, 3.8) is 0 Å². The Balaban J connectivity index is 3.08. The van der Waals surface area contributed by atoms with Crippen LogP contribution in [-0.4, -0.2) is 10.1 Å². The van der Waals surface area contributed by atoms with Gasteiger partial charge in [-0.15, -0.1) is 6.42 Å². The van der Waals surface area contributed by atoms with Gasteiger partial charge in [-0.2, -0.15) is 0 Å². The van der Waals surface area contributed by atoms with Crippen LogP contribution in [0.25, 0.3) is 0 Å². The molecule has 1 aromatic heterocycles. The molecule has 0 bridgehead atoms. The Labute approximate surface area is 86.1 Å². The minimum absolute atomic E-state index is 0.530. The Bertz CT molecular complexity index is 343. The molecule has 0 aliphatic rings. The van der Waals surface area contributed by atoms with Crippen LogP contribution < -0.4 is 0 Å². The Morgan fingerprint density at radius 1 is 1.69 bits per heavy atom. The van der Waals surface area contributed by atoms with Gasteiger partial charge in [0.2, 0.25) is 0 Å². The van der Waals surface area contributed by atoms with Crippen molar-refractivity contribution < 1.29 is 5.11 Å². The van der Waals surface area contributed by atoms with Crippen LogP contribution in [0.5, 0.6) is 0 Å². The fourth-order valence-corrected chi connectivity index (χ4v) is 1.49. The molecule has 1 heterocycles. The summed E-state index contributed by atoms with van der Waals surface area (Å²) in [6, 6.07) is 3.56. The number of terminal acetylenes is 1. The average Bonchev–Trinajstić information content (AvgIpc) is 2.17. The van der Waals surface area contributed by atoms with Crippen molar-refractivity contribution in [2.45, 2.75) is 19.4 Å². The van der Waals surface area contributed by atoms with Crippen LogP contribution in [0.3, 0.4) is 0 Å². The fourth-order valence-electron chi connectivity index (χ4n) is 0.987. The number of hydrogen-bond acceptors (Lipinski definition) is 2. The minimum atomic E-state index is -0.904. The lowest BCUT2D eigenvalue weighted by Gasteiger charge is -2.06. The molecule has 1 unspecified atom stereocenters. The zero-order valence-electron chi connectivity index (χ0n) is 7.29. The molecule has 68 valence electrons. The average molecular weight is 240 g/mol. The normalized spacial score (nSPS) is 12.2. The lowest BCUT2D eigenvalue weighted by atomic mass is 10.2. The second kappa shape index (κ2) is 4.40. The van der Waals surface area contributed by atoms with E-state index in [0.29, 0.717) is 5.69 Å². The molecule has 1 atom stereocenters. The van der Waals surface area contributed by atoms with Gasteiger partial charge in [0.15, 0.2) is 6.10 Å². The molecule has 0 saturated heterocycles. The quantitative estimate of drug-likeness (QED) is 0.803. The van der Waals surface area contributed by atoms with Crippen molar-refractivity contribution in [1.29, 1.82) is 0 Å². The number of rotatable bonds is 2. The Morgan fingerprint density at radius 3 is 2.92 bits per heavy atom. The number of pyridine rings is 1. The number of aryl methyl sites for hydroxylation is 1. The molecule has 3 heteroatoms. The highest BCUT2D eigenvalue weighted by Gasteiger charge is 2.07. The third kappa shape index (κ3) is 2.30. The SMILES string of the molecule is C#CC(O)c1ccc(Br)c(CC)n1. The third-order valence-corrected chi connectivity index (χ3v) is 2.44. The van der Waals surface area contributed by atoms with Gasteiger partial charge in [-0.25, -0.2) is 0 Å². The van der Waals surface area contributed by atoms with Crippen LogP contribution >= 0.6 is 15.9 Å². The van der Waals surface area contributed by atoms with E-state index >= 15 is 0 Å². The number of halogens is 1.